The molecule has 0 aliphatic heterocycles. The van der Waals surface area contributed by atoms with Crippen LogP contribution in [0.5, 0.6) is 17.2 Å². The van der Waals surface area contributed by atoms with Crippen molar-refractivity contribution >= 4 is 23.1 Å². The summed E-state index contributed by atoms with van der Waals surface area (Å²) in [6, 6.07) is 14.7. The number of carbonyl (C=O) groups is 2. The molecule has 0 saturated heterocycles. The Morgan fingerprint density at radius 2 is 1.50 bits per heavy atom. The number of ether oxygens (including phenoxy) is 3. The van der Waals surface area contributed by atoms with Crippen molar-refractivity contribution in [1.29, 1.82) is 0 Å². The summed E-state index contributed by atoms with van der Waals surface area (Å²) in [5.41, 5.74) is 1.37. The third kappa shape index (κ3) is 4.88. The first kappa shape index (κ1) is 26.2. The second kappa shape index (κ2) is 11.0. The van der Waals surface area contributed by atoms with Crippen LogP contribution in [-0.4, -0.2) is 49.7 Å². The highest BCUT2D eigenvalue weighted by atomic mass is 16.5. The minimum atomic E-state index is -0.566. The van der Waals surface area contributed by atoms with Crippen LogP contribution in [0.25, 0.3) is 10.9 Å². The summed E-state index contributed by atoms with van der Waals surface area (Å²) in [7, 11) is 5.96. The molecule has 1 aromatic heterocycles. The lowest BCUT2D eigenvalue weighted by Crippen LogP contribution is -2.40. The first-order chi connectivity index (χ1) is 18.3. The predicted molar refractivity (Wildman–Crippen MR) is 142 cm³/mol. The summed E-state index contributed by atoms with van der Waals surface area (Å²) in [6.07, 6.45) is 0.709. The van der Waals surface area contributed by atoms with E-state index in [9.17, 15) is 19.2 Å². The molecular weight excluding hydrogens is 490 g/mol. The molecule has 0 unspecified atom stereocenters. The Balaban J connectivity index is 1.94. The summed E-state index contributed by atoms with van der Waals surface area (Å²) >= 11 is 0. The Hall–Kier alpha value is -4.86. The van der Waals surface area contributed by atoms with E-state index in [2.05, 4.69) is 5.32 Å². The molecule has 1 amide bonds. The number of nitrogens with zero attached hydrogens (tertiary/aromatic N) is 2. The van der Waals surface area contributed by atoms with Gasteiger partial charge in [0.05, 0.1) is 45.3 Å². The molecule has 0 spiro atoms. The van der Waals surface area contributed by atoms with Crippen molar-refractivity contribution in [3.05, 3.63) is 97.7 Å². The molecule has 0 saturated carbocycles. The number of benzene rings is 3. The van der Waals surface area contributed by atoms with E-state index >= 15 is 0 Å². The van der Waals surface area contributed by atoms with E-state index in [0.717, 1.165) is 4.57 Å². The predicted octanol–water partition coefficient (Wildman–Crippen LogP) is 2.46. The van der Waals surface area contributed by atoms with Gasteiger partial charge in [0.2, 0.25) is 0 Å². The van der Waals surface area contributed by atoms with Gasteiger partial charge in [0.25, 0.3) is 11.5 Å². The molecule has 0 aliphatic carbocycles. The maximum Gasteiger partial charge on any atom is 0.332 e. The van der Waals surface area contributed by atoms with Gasteiger partial charge in [-0.3, -0.25) is 23.5 Å². The molecule has 0 aliphatic rings. The lowest BCUT2D eigenvalue weighted by atomic mass is 10.1. The quantitative estimate of drug-likeness (QED) is 0.339. The summed E-state index contributed by atoms with van der Waals surface area (Å²) in [5.74, 6) is 0.931. The molecule has 38 heavy (non-hydrogen) atoms. The molecule has 0 fully saturated rings. The number of fused-ring (bicyclic) bond motifs is 1. The topological polar surface area (TPSA) is 118 Å². The molecule has 0 radical (unpaired) electrons. The van der Waals surface area contributed by atoms with Gasteiger partial charge in [0.1, 0.15) is 12.0 Å². The van der Waals surface area contributed by atoms with E-state index in [4.69, 9.17) is 14.2 Å². The van der Waals surface area contributed by atoms with Crippen LogP contribution in [0.4, 0.5) is 0 Å². The van der Waals surface area contributed by atoms with Crippen LogP contribution >= 0.6 is 0 Å². The van der Waals surface area contributed by atoms with Crippen molar-refractivity contribution in [1.82, 2.24) is 14.5 Å². The van der Waals surface area contributed by atoms with Gasteiger partial charge in [-0.25, -0.2) is 4.79 Å². The minimum absolute atomic E-state index is 0.0194. The summed E-state index contributed by atoms with van der Waals surface area (Å²) in [6.45, 7) is -0.00690. The molecule has 196 valence electrons. The zero-order valence-corrected chi connectivity index (χ0v) is 21.4. The van der Waals surface area contributed by atoms with E-state index in [1.807, 2.05) is 0 Å². The fourth-order valence-electron chi connectivity index (χ4n) is 4.29. The van der Waals surface area contributed by atoms with E-state index in [1.54, 1.807) is 48.5 Å². The lowest BCUT2D eigenvalue weighted by Gasteiger charge is -2.18. The first-order valence-corrected chi connectivity index (χ1v) is 11.7. The Bertz CT molecular complexity index is 1640. The highest BCUT2D eigenvalue weighted by molar-refractivity contribution is 5.94. The number of methoxy groups -OCH3 is 3. The normalized spacial score (nSPS) is 10.7. The van der Waals surface area contributed by atoms with Crippen molar-refractivity contribution in [2.75, 3.05) is 28.4 Å². The fourth-order valence-corrected chi connectivity index (χ4v) is 4.29. The second-order valence-electron chi connectivity index (χ2n) is 8.45. The van der Waals surface area contributed by atoms with Crippen molar-refractivity contribution in [2.24, 2.45) is 0 Å². The Morgan fingerprint density at radius 3 is 2.11 bits per heavy atom. The molecule has 3 aromatic carbocycles. The zero-order valence-electron chi connectivity index (χ0n) is 21.4. The third-order valence-corrected chi connectivity index (χ3v) is 6.28. The van der Waals surface area contributed by atoms with E-state index in [1.165, 1.54) is 39.0 Å². The highest BCUT2D eigenvalue weighted by Gasteiger charge is 2.19. The van der Waals surface area contributed by atoms with Crippen molar-refractivity contribution in [3.63, 3.8) is 0 Å². The van der Waals surface area contributed by atoms with Crippen LogP contribution in [0.3, 0.4) is 0 Å². The van der Waals surface area contributed by atoms with Crippen LogP contribution in [0.1, 0.15) is 31.8 Å². The molecule has 4 rings (SSSR count). The number of aromatic nitrogens is 2. The monoisotopic (exact) mass is 517 g/mol. The minimum Gasteiger partial charge on any atom is -0.496 e. The van der Waals surface area contributed by atoms with Crippen LogP contribution in [0.2, 0.25) is 0 Å². The van der Waals surface area contributed by atoms with Gasteiger partial charge in [-0.2, -0.15) is 0 Å². The summed E-state index contributed by atoms with van der Waals surface area (Å²) in [5, 5.41) is 2.80. The van der Waals surface area contributed by atoms with Crippen LogP contribution in [0.15, 0.2) is 64.2 Å². The third-order valence-electron chi connectivity index (χ3n) is 6.28. The molecule has 4 aromatic rings. The van der Waals surface area contributed by atoms with Gasteiger partial charge in [0, 0.05) is 29.8 Å². The van der Waals surface area contributed by atoms with Gasteiger partial charge >= 0.3 is 5.69 Å². The van der Waals surface area contributed by atoms with Crippen molar-refractivity contribution in [3.8, 4) is 17.2 Å². The number of nitrogens with one attached hydrogen (secondary N) is 1. The largest absolute Gasteiger partial charge is 0.496 e. The van der Waals surface area contributed by atoms with Gasteiger partial charge in [-0.05, 0) is 42.0 Å². The van der Waals surface area contributed by atoms with Crippen molar-refractivity contribution < 1.29 is 23.8 Å². The van der Waals surface area contributed by atoms with Gasteiger partial charge < -0.3 is 19.5 Å². The average molecular weight is 518 g/mol. The van der Waals surface area contributed by atoms with E-state index in [-0.39, 0.29) is 24.4 Å². The maximum absolute atomic E-state index is 13.8. The molecule has 10 heteroatoms. The first-order valence-electron chi connectivity index (χ1n) is 11.7. The smallest absolute Gasteiger partial charge is 0.332 e. The summed E-state index contributed by atoms with van der Waals surface area (Å²) in [4.78, 5) is 50.7. The zero-order chi connectivity index (χ0) is 27.4. The van der Waals surface area contributed by atoms with Crippen LogP contribution in [0, 0.1) is 0 Å². The average Bonchev–Trinajstić information content (AvgIpc) is 2.96. The SMILES string of the molecule is CNC(=O)c1ccc(Cn2c(=O)c3cc(OC)c(OC)cc3n(Cc3cc(C=O)ccc3OC)c2=O)cc1. The standard InChI is InChI=1S/C28H27N3O7/c1-29-26(33)19-8-5-17(6-9-19)14-31-27(34)21-12-24(37-3)25(38-4)13-22(21)30(28(31)35)15-20-11-18(16-32)7-10-23(20)36-2/h5-13,16H,14-15H2,1-4H3,(H,29,33). The molecule has 1 N–H and O–H groups in total. The number of carbonyl (C=O) groups excluding carboxylic acids is 2. The van der Waals surface area contributed by atoms with Gasteiger partial charge in [0.15, 0.2) is 11.5 Å². The van der Waals surface area contributed by atoms with Gasteiger partial charge in [-0.1, -0.05) is 12.1 Å². The molecular formula is C28H27N3O7. The highest BCUT2D eigenvalue weighted by Crippen LogP contribution is 2.31. The Kier molecular flexibility index (Phi) is 7.61. The fraction of sp³-hybridized carbons (Fsp3) is 0.214. The summed E-state index contributed by atoms with van der Waals surface area (Å²) < 4.78 is 18.8. The van der Waals surface area contributed by atoms with Crippen LogP contribution in [-0.2, 0) is 13.1 Å². The van der Waals surface area contributed by atoms with Gasteiger partial charge in [-0.15, -0.1) is 0 Å². The molecule has 0 bridgehead atoms. The maximum atomic E-state index is 13.8. The Labute approximate surface area is 218 Å². The number of hydrogen-bond donors (Lipinski definition) is 1. The van der Waals surface area contributed by atoms with Crippen LogP contribution < -0.4 is 30.8 Å². The molecule has 0 atom stereocenters. The number of rotatable bonds is 9. The molecule has 10 nitrogen and oxygen atoms in total. The van der Waals surface area contributed by atoms with Crippen molar-refractivity contribution in [2.45, 2.75) is 13.1 Å². The second-order valence-corrected chi connectivity index (χ2v) is 8.45. The number of amides is 1. The van der Waals surface area contributed by atoms with E-state index < -0.39 is 11.2 Å². The number of aldehydes is 1. The van der Waals surface area contributed by atoms with E-state index in [0.29, 0.717) is 51.3 Å². The lowest BCUT2D eigenvalue weighted by molar-refractivity contribution is 0.0962. The Morgan fingerprint density at radius 1 is 0.842 bits per heavy atom. The molecule has 1 heterocycles. The number of hydrogen-bond acceptors (Lipinski definition) is 7.